The molecular weight excluding hydrogens is 379 g/mol. The highest BCUT2D eigenvalue weighted by atomic mass is 19.1. The molecule has 29 heavy (non-hydrogen) atoms. The van der Waals surface area contributed by atoms with Gasteiger partial charge in [0.25, 0.3) is 0 Å². The smallest absolute Gasteiger partial charge is 0.414 e. The van der Waals surface area contributed by atoms with Crippen LogP contribution in [0.5, 0.6) is 0 Å². The van der Waals surface area contributed by atoms with Crippen molar-refractivity contribution in [3.8, 4) is 0 Å². The second-order valence-electron chi connectivity index (χ2n) is 7.91. The minimum Gasteiger partial charge on any atom is -0.442 e. The molecule has 4 rings (SSSR count). The Hall–Kier alpha value is -2.39. The number of benzene rings is 1. The van der Waals surface area contributed by atoms with Crippen LogP contribution in [-0.4, -0.2) is 82.0 Å². The number of hydrogen-bond acceptors (Lipinski definition) is 6. The Balaban J connectivity index is 1.39. The third kappa shape index (κ3) is 4.02. The van der Waals surface area contributed by atoms with Crippen molar-refractivity contribution in [3.63, 3.8) is 0 Å². The van der Waals surface area contributed by atoms with Crippen molar-refractivity contribution in [3.05, 3.63) is 24.0 Å². The second kappa shape index (κ2) is 8.16. The molecule has 3 saturated heterocycles. The van der Waals surface area contributed by atoms with Crippen LogP contribution in [0.25, 0.3) is 0 Å². The van der Waals surface area contributed by atoms with Gasteiger partial charge in [-0.3, -0.25) is 14.6 Å². The summed E-state index contributed by atoms with van der Waals surface area (Å²) in [6.45, 7) is 6.22. The number of nitrogens with zero attached hydrogens (tertiary/aromatic N) is 3. The quantitative estimate of drug-likeness (QED) is 0.730. The van der Waals surface area contributed by atoms with Crippen LogP contribution in [0.3, 0.4) is 0 Å². The molecule has 3 aliphatic heterocycles. The highest BCUT2D eigenvalue weighted by molar-refractivity contribution is 5.90. The first-order valence-corrected chi connectivity index (χ1v) is 9.96. The lowest BCUT2D eigenvalue weighted by atomic mass is 9.92. The van der Waals surface area contributed by atoms with Gasteiger partial charge in [0, 0.05) is 52.2 Å². The van der Waals surface area contributed by atoms with Crippen molar-refractivity contribution in [2.45, 2.75) is 19.1 Å². The molecular formula is C20H27FN4O4. The fraction of sp³-hybridized carbons (Fsp3) is 0.600. The van der Waals surface area contributed by atoms with Gasteiger partial charge in [0.1, 0.15) is 11.9 Å². The number of cyclic esters (lactones) is 1. The van der Waals surface area contributed by atoms with Crippen molar-refractivity contribution in [1.29, 1.82) is 0 Å². The molecule has 0 radical (unpaired) electrons. The minimum atomic E-state index is -0.527. The number of amides is 2. The van der Waals surface area contributed by atoms with Gasteiger partial charge in [0.15, 0.2) is 0 Å². The molecule has 0 spiro atoms. The van der Waals surface area contributed by atoms with E-state index in [4.69, 9.17) is 9.47 Å². The number of nitrogens with one attached hydrogen (secondary N) is 1. The van der Waals surface area contributed by atoms with Gasteiger partial charge in [-0.25, -0.2) is 9.18 Å². The Morgan fingerprint density at radius 2 is 2.14 bits per heavy atom. The Morgan fingerprint density at radius 3 is 2.86 bits per heavy atom. The average Bonchev–Trinajstić information content (AvgIpc) is 3.21. The van der Waals surface area contributed by atoms with Gasteiger partial charge in [-0.05, 0) is 18.2 Å². The molecule has 3 atom stereocenters. The lowest BCUT2D eigenvalue weighted by Crippen LogP contribution is -2.56. The summed E-state index contributed by atoms with van der Waals surface area (Å²) in [6.07, 6.45) is -0.970. The molecule has 1 N–H and O–H groups in total. The predicted octanol–water partition coefficient (Wildman–Crippen LogP) is 1.05. The average molecular weight is 406 g/mol. The first-order valence-electron chi connectivity index (χ1n) is 9.96. The van der Waals surface area contributed by atoms with Crippen molar-refractivity contribution in [2.75, 3.05) is 62.8 Å². The summed E-state index contributed by atoms with van der Waals surface area (Å²) < 4.78 is 25.3. The van der Waals surface area contributed by atoms with E-state index in [1.165, 1.54) is 17.9 Å². The van der Waals surface area contributed by atoms with E-state index >= 15 is 0 Å². The molecule has 1 aromatic rings. The highest BCUT2D eigenvalue weighted by Crippen LogP contribution is 2.36. The largest absolute Gasteiger partial charge is 0.442 e. The number of rotatable bonds is 7. The van der Waals surface area contributed by atoms with Gasteiger partial charge in [0.2, 0.25) is 5.91 Å². The standard InChI is InChI=1S/C20H27FN4O4/c1-13(26)22-8-16-11-25(20(27)29-16)15-3-4-18(17(21)7-15)24-10-14-9-23(5-6-28-2)19(14)12-24/h3-4,7,14,16,19H,5-6,8-12H2,1-2H3,(H,22,26). The van der Waals surface area contributed by atoms with Crippen molar-refractivity contribution in [1.82, 2.24) is 10.2 Å². The van der Waals surface area contributed by atoms with Crippen LogP contribution in [0, 0.1) is 11.7 Å². The molecule has 0 aliphatic carbocycles. The Labute approximate surface area is 169 Å². The second-order valence-corrected chi connectivity index (χ2v) is 7.91. The summed E-state index contributed by atoms with van der Waals surface area (Å²) in [5, 5.41) is 2.63. The first-order chi connectivity index (χ1) is 14.0. The van der Waals surface area contributed by atoms with Crippen LogP contribution in [0.2, 0.25) is 0 Å². The van der Waals surface area contributed by atoms with E-state index in [-0.39, 0.29) is 24.8 Å². The maximum Gasteiger partial charge on any atom is 0.414 e. The van der Waals surface area contributed by atoms with E-state index in [0.29, 0.717) is 29.9 Å². The Bertz CT molecular complexity index is 792. The van der Waals surface area contributed by atoms with Crippen LogP contribution in [0.4, 0.5) is 20.6 Å². The number of halogens is 1. The van der Waals surface area contributed by atoms with Crippen molar-refractivity contribution >= 4 is 23.4 Å². The number of likely N-dealkylation sites (tertiary alicyclic amines) is 1. The Kier molecular flexibility index (Phi) is 5.60. The number of fused-ring (bicyclic) bond motifs is 1. The van der Waals surface area contributed by atoms with Crippen LogP contribution in [-0.2, 0) is 14.3 Å². The molecule has 1 aromatic carbocycles. The number of carbonyl (C=O) groups is 2. The third-order valence-electron chi connectivity index (χ3n) is 5.96. The number of ether oxygens (including phenoxy) is 2. The van der Waals surface area contributed by atoms with E-state index in [0.717, 1.165) is 26.2 Å². The van der Waals surface area contributed by atoms with Crippen LogP contribution >= 0.6 is 0 Å². The monoisotopic (exact) mass is 406 g/mol. The summed E-state index contributed by atoms with van der Waals surface area (Å²) in [5.41, 5.74) is 1.03. The highest BCUT2D eigenvalue weighted by Gasteiger charge is 2.45. The van der Waals surface area contributed by atoms with Crippen LogP contribution in [0.15, 0.2) is 18.2 Å². The minimum absolute atomic E-state index is 0.185. The molecule has 2 amide bonds. The van der Waals surface area contributed by atoms with Crippen LogP contribution < -0.4 is 15.1 Å². The lowest BCUT2D eigenvalue weighted by molar-refractivity contribution is -0.119. The van der Waals surface area contributed by atoms with Crippen LogP contribution in [0.1, 0.15) is 6.92 Å². The number of methoxy groups -OCH3 is 1. The summed E-state index contributed by atoms with van der Waals surface area (Å²) in [6, 6.07) is 5.33. The summed E-state index contributed by atoms with van der Waals surface area (Å²) in [4.78, 5) is 29.1. The lowest BCUT2D eigenvalue weighted by Gasteiger charge is -2.43. The van der Waals surface area contributed by atoms with E-state index in [2.05, 4.69) is 15.1 Å². The molecule has 0 bridgehead atoms. The summed E-state index contributed by atoms with van der Waals surface area (Å²) in [7, 11) is 1.70. The number of hydrogen-bond donors (Lipinski definition) is 1. The molecule has 3 aliphatic rings. The van der Waals surface area contributed by atoms with E-state index in [1.807, 2.05) is 0 Å². The van der Waals surface area contributed by atoms with Crippen molar-refractivity contribution < 1.29 is 23.5 Å². The molecule has 3 unspecified atom stereocenters. The van der Waals surface area contributed by atoms with Gasteiger partial charge in [0.05, 0.1) is 31.1 Å². The normalized spacial score (nSPS) is 26.3. The predicted molar refractivity (Wildman–Crippen MR) is 106 cm³/mol. The van der Waals surface area contributed by atoms with Gasteiger partial charge in [-0.15, -0.1) is 0 Å². The maximum absolute atomic E-state index is 14.9. The van der Waals surface area contributed by atoms with E-state index in [1.54, 1.807) is 19.2 Å². The molecule has 9 heteroatoms. The summed E-state index contributed by atoms with van der Waals surface area (Å²) in [5.74, 6) is 0.0367. The van der Waals surface area contributed by atoms with Crippen molar-refractivity contribution in [2.24, 2.45) is 5.92 Å². The Morgan fingerprint density at radius 1 is 1.31 bits per heavy atom. The van der Waals surface area contributed by atoms with Gasteiger partial charge in [-0.1, -0.05) is 0 Å². The zero-order chi connectivity index (χ0) is 20.5. The number of carbonyl (C=O) groups excluding carboxylic acids is 2. The molecule has 8 nitrogen and oxygen atoms in total. The fourth-order valence-electron chi connectivity index (χ4n) is 4.42. The SMILES string of the molecule is COCCN1CC2CN(c3ccc(N4CC(CNC(C)=O)OC4=O)cc3F)CC21. The van der Waals surface area contributed by atoms with Gasteiger partial charge < -0.3 is 19.7 Å². The topological polar surface area (TPSA) is 74.3 Å². The molecule has 3 fully saturated rings. The third-order valence-corrected chi connectivity index (χ3v) is 5.96. The summed E-state index contributed by atoms with van der Waals surface area (Å²) >= 11 is 0. The molecule has 0 saturated carbocycles. The van der Waals surface area contributed by atoms with Gasteiger partial charge >= 0.3 is 6.09 Å². The van der Waals surface area contributed by atoms with Gasteiger partial charge in [-0.2, -0.15) is 0 Å². The van der Waals surface area contributed by atoms with E-state index in [9.17, 15) is 14.0 Å². The number of anilines is 2. The van der Waals surface area contributed by atoms with E-state index < -0.39 is 12.2 Å². The first kappa shape index (κ1) is 19.9. The molecule has 158 valence electrons. The zero-order valence-electron chi connectivity index (χ0n) is 16.8. The zero-order valence-corrected chi connectivity index (χ0v) is 16.8. The fourth-order valence-corrected chi connectivity index (χ4v) is 4.42. The maximum atomic E-state index is 14.9. The molecule has 0 aromatic heterocycles. The molecule has 3 heterocycles.